The first kappa shape index (κ1) is 23.4. The zero-order valence-electron chi connectivity index (χ0n) is 19.4. The molecule has 0 saturated carbocycles. The third-order valence-electron chi connectivity index (χ3n) is 5.53. The molecule has 1 N–H and O–H groups in total. The number of para-hydroxylation sites is 2. The van der Waals surface area contributed by atoms with Gasteiger partial charge in [-0.3, -0.25) is 4.79 Å². The van der Waals surface area contributed by atoms with E-state index >= 15 is 0 Å². The largest absolute Gasteiger partial charge is 0.493 e. The smallest absolute Gasteiger partial charge is 0.251 e. The molecule has 0 aliphatic rings. The number of imidazole rings is 1. The van der Waals surface area contributed by atoms with E-state index in [9.17, 15) is 4.79 Å². The number of nitrogens with zero attached hydrogens (tertiary/aromatic N) is 2. The molecule has 0 atom stereocenters. The molecule has 2 aromatic carbocycles. The molecular weight excluding hydrogens is 406 g/mol. The number of nitrogens with one attached hydrogen (secondary N) is 1. The van der Waals surface area contributed by atoms with Crippen LogP contribution in [0.3, 0.4) is 0 Å². The predicted molar refractivity (Wildman–Crippen MR) is 126 cm³/mol. The lowest BCUT2D eigenvalue weighted by atomic mass is 10.1. The first-order valence-corrected chi connectivity index (χ1v) is 11.1. The molecule has 7 heteroatoms. The van der Waals surface area contributed by atoms with Crippen molar-refractivity contribution in [1.82, 2.24) is 14.9 Å². The summed E-state index contributed by atoms with van der Waals surface area (Å²) in [7, 11) is 4.60. The Morgan fingerprint density at radius 1 is 1.00 bits per heavy atom. The Labute approximate surface area is 189 Å². The van der Waals surface area contributed by atoms with E-state index in [-0.39, 0.29) is 5.91 Å². The summed E-state index contributed by atoms with van der Waals surface area (Å²) in [6.07, 6.45) is 5.44. The second-order valence-corrected chi connectivity index (χ2v) is 7.65. The van der Waals surface area contributed by atoms with Crippen molar-refractivity contribution in [2.75, 3.05) is 27.9 Å². The van der Waals surface area contributed by atoms with Crippen LogP contribution >= 0.6 is 0 Å². The van der Waals surface area contributed by atoms with Crippen LogP contribution in [0.25, 0.3) is 11.0 Å². The third-order valence-corrected chi connectivity index (χ3v) is 5.53. The molecule has 7 nitrogen and oxygen atoms in total. The normalized spacial score (nSPS) is 10.9. The van der Waals surface area contributed by atoms with E-state index in [2.05, 4.69) is 22.9 Å². The Balaban J connectivity index is 1.70. The average Bonchev–Trinajstić information content (AvgIpc) is 3.17. The van der Waals surface area contributed by atoms with Gasteiger partial charge >= 0.3 is 0 Å². The van der Waals surface area contributed by atoms with Crippen molar-refractivity contribution >= 4 is 16.9 Å². The lowest BCUT2D eigenvalue weighted by Gasteiger charge is -2.14. The minimum absolute atomic E-state index is 0.199. The number of rotatable bonds is 12. The van der Waals surface area contributed by atoms with Crippen LogP contribution in [0.2, 0.25) is 0 Å². The number of methoxy groups -OCH3 is 3. The van der Waals surface area contributed by atoms with Crippen molar-refractivity contribution in [3.8, 4) is 17.2 Å². The maximum absolute atomic E-state index is 12.8. The average molecular weight is 440 g/mol. The molecule has 32 heavy (non-hydrogen) atoms. The first-order chi connectivity index (χ1) is 15.6. The Hall–Kier alpha value is -3.22. The first-order valence-electron chi connectivity index (χ1n) is 11.1. The SMILES string of the molecule is CCCCCCn1c(CCNC(=O)c2cc(OC)c(OC)c(OC)c2)nc2ccccc21. The third kappa shape index (κ3) is 5.33. The maximum atomic E-state index is 12.8. The van der Waals surface area contributed by atoms with Crippen LogP contribution in [0.4, 0.5) is 0 Å². The zero-order chi connectivity index (χ0) is 22.9. The molecule has 1 amide bonds. The Bertz CT molecular complexity index is 1020. The fraction of sp³-hybridized carbons (Fsp3) is 0.440. The molecule has 1 aromatic heterocycles. The van der Waals surface area contributed by atoms with Gasteiger partial charge in [0.2, 0.25) is 5.75 Å². The lowest BCUT2D eigenvalue weighted by molar-refractivity contribution is 0.0953. The number of fused-ring (bicyclic) bond motifs is 1. The predicted octanol–water partition coefficient (Wildman–Crippen LogP) is 4.61. The van der Waals surface area contributed by atoms with E-state index in [1.54, 1.807) is 12.1 Å². The van der Waals surface area contributed by atoms with Crippen molar-refractivity contribution in [1.29, 1.82) is 0 Å². The number of carbonyl (C=O) groups is 1. The molecule has 0 saturated heterocycles. The van der Waals surface area contributed by atoms with E-state index in [4.69, 9.17) is 19.2 Å². The molecule has 1 heterocycles. The molecule has 3 aromatic rings. The van der Waals surface area contributed by atoms with Gasteiger partial charge in [-0.15, -0.1) is 0 Å². The van der Waals surface area contributed by atoms with Gasteiger partial charge in [0, 0.05) is 25.1 Å². The molecule has 0 fully saturated rings. The summed E-state index contributed by atoms with van der Waals surface area (Å²) in [4.78, 5) is 17.6. The van der Waals surface area contributed by atoms with Crippen LogP contribution in [0.1, 0.15) is 48.8 Å². The lowest BCUT2D eigenvalue weighted by Crippen LogP contribution is -2.26. The Morgan fingerprint density at radius 2 is 1.72 bits per heavy atom. The quantitative estimate of drug-likeness (QED) is 0.417. The molecule has 172 valence electrons. The fourth-order valence-corrected chi connectivity index (χ4v) is 3.86. The Kier molecular flexibility index (Phi) is 8.36. The molecular formula is C25H33N3O4. The highest BCUT2D eigenvalue weighted by molar-refractivity contribution is 5.95. The number of aryl methyl sites for hydroxylation is 1. The van der Waals surface area contributed by atoms with E-state index in [0.717, 1.165) is 29.8 Å². The number of benzene rings is 2. The van der Waals surface area contributed by atoms with Crippen LogP contribution in [0.15, 0.2) is 36.4 Å². The van der Waals surface area contributed by atoms with Crippen molar-refractivity contribution in [2.24, 2.45) is 0 Å². The van der Waals surface area contributed by atoms with Crippen LogP contribution in [0, 0.1) is 0 Å². The van der Waals surface area contributed by atoms with Gasteiger partial charge in [-0.1, -0.05) is 38.3 Å². The topological polar surface area (TPSA) is 74.6 Å². The minimum atomic E-state index is -0.199. The number of amides is 1. The van der Waals surface area contributed by atoms with E-state index in [0.29, 0.717) is 35.8 Å². The van der Waals surface area contributed by atoms with Crippen molar-refractivity contribution in [3.05, 3.63) is 47.8 Å². The van der Waals surface area contributed by atoms with Crippen LogP contribution < -0.4 is 19.5 Å². The van der Waals surface area contributed by atoms with Gasteiger partial charge in [0.1, 0.15) is 5.82 Å². The van der Waals surface area contributed by atoms with E-state index in [1.807, 2.05) is 18.2 Å². The molecule has 0 radical (unpaired) electrons. The van der Waals surface area contributed by atoms with Gasteiger partial charge in [0.05, 0.1) is 32.4 Å². The zero-order valence-corrected chi connectivity index (χ0v) is 19.4. The highest BCUT2D eigenvalue weighted by Gasteiger charge is 2.17. The van der Waals surface area contributed by atoms with Gasteiger partial charge in [0.25, 0.3) is 5.91 Å². The molecule has 0 bridgehead atoms. The van der Waals surface area contributed by atoms with E-state index in [1.165, 1.54) is 40.6 Å². The van der Waals surface area contributed by atoms with Gasteiger partial charge in [-0.2, -0.15) is 0 Å². The van der Waals surface area contributed by atoms with Crippen molar-refractivity contribution < 1.29 is 19.0 Å². The summed E-state index contributed by atoms with van der Waals surface area (Å²) < 4.78 is 18.3. The Morgan fingerprint density at radius 3 is 2.38 bits per heavy atom. The van der Waals surface area contributed by atoms with Crippen molar-refractivity contribution in [2.45, 2.75) is 45.6 Å². The number of aromatic nitrogens is 2. The minimum Gasteiger partial charge on any atom is -0.493 e. The summed E-state index contributed by atoms with van der Waals surface area (Å²) in [6, 6.07) is 11.5. The van der Waals surface area contributed by atoms with Gasteiger partial charge in [-0.25, -0.2) is 4.98 Å². The number of unbranched alkanes of at least 4 members (excludes halogenated alkanes) is 3. The fourth-order valence-electron chi connectivity index (χ4n) is 3.86. The van der Waals surface area contributed by atoms with Gasteiger partial charge in [-0.05, 0) is 30.7 Å². The second kappa shape index (κ2) is 11.4. The molecule has 0 aliphatic heterocycles. The number of carbonyl (C=O) groups excluding carboxylic acids is 1. The molecule has 3 rings (SSSR count). The molecule has 0 spiro atoms. The monoisotopic (exact) mass is 439 g/mol. The number of hydrogen-bond acceptors (Lipinski definition) is 5. The summed E-state index contributed by atoms with van der Waals surface area (Å²) >= 11 is 0. The standard InChI is InChI=1S/C25H33N3O4/c1-5-6-7-10-15-28-20-12-9-8-11-19(20)27-23(28)13-14-26-25(29)18-16-21(30-2)24(32-4)22(17-18)31-3/h8-9,11-12,16-17H,5-7,10,13-15H2,1-4H3,(H,26,29). The molecule has 0 unspecified atom stereocenters. The summed E-state index contributed by atoms with van der Waals surface area (Å²) in [5.74, 6) is 2.16. The highest BCUT2D eigenvalue weighted by Crippen LogP contribution is 2.38. The van der Waals surface area contributed by atoms with Crippen LogP contribution in [-0.4, -0.2) is 43.3 Å². The molecule has 0 aliphatic carbocycles. The van der Waals surface area contributed by atoms with E-state index < -0.39 is 0 Å². The van der Waals surface area contributed by atoms with Crippen LogP contribution in [0.5, 0.6) is 17.2 Å². The number of ether oxygens (including phenoxy) is 3. The highest BCUT2D eigenvalue weighted by atomic mass is 16.5. The van der Waals surface area contributed by atoms with Crippen LogP contribution in [-0.2, 0) is 13.0 Å². The summed E-state index contributed by atoms with van der Waals surface area (Å²) in [5, 5.41) is 2.99. The second-order valence-electron chi connectivity index (χ2n) is 7.65. The summed E-state index contributed by atoms with van der Waals surface area (Å²) in [6.45, 7) is 3.64. The maximum Gasteiger partial charge on any atom is 0.251 e. The van der Waals surface area contributed by atoms with Gasteiger partial charge < -0.3 is 24.1 Å². The van der Waals surface area contributed by atoms with Gasteiger partial charge in [0.15, 0.2) is 11.5 Å². The summed E-state index contributed by atoms with van der Waals surface area (Å²) in [5.41, 5.74) is 2.59. The van der Waals surface area contributed by atoms with Crippen molar-refractivity contribution in [3.63, 3.8) is 0 Å². The number of hydrogen-bond donors (Lipinski definition) is 1.